The van der Waals surface area contributed by atoms with Crippen LogP contribution in [0.25, 0.3) is 20.8 Å². The second-order valence-electron chi connectivity index (χ2n) is 7.75. The standard InChI is InChI=1S/C22H20BrN3O2S2/c1-2-6-26-7-5-15-18(11-26)30-22(25-20(28)12-8-14(27)9-12)19(15)21-24-16-4-3-13(23)10-17(16)29-21/h2-4,10,12H,1,5-9,11H2,(H,25,28). The predicted molar refractivity (Wildman–Crippen MR) is 126 cm³/mol. The van der Waals surface area contributed by atoms with Crippen molar-refractivity contribution in [3.05, 3.63) is 45.8 Å². The molecule has 0 unspecified atom stereocenters. The van der Waals surface area contributed by atoms with Crippen molar-refractivity contribution >= 4 is 65.5 Å². The van der Waals surface area contributed by atoms with Gasteiger partial charge in [0.15, 0.2) is 0 Å². The zero-order valence-electron chi connectivity index (χ0n) is 16.2. The molecule has 0 saturated heterocycles. The molecule has 0 radical (unpaired) electrons. The summed E-state index contributed by atoms with van der Waals surface area (Å²) in [7, 11) is 0. The van der Waals surface area contributed by atoms with Gasteiger partial charge in [-0.2, -0.15) is 0 Å². The number of halogens is 1. The molecule has 0 bridgehead atoms. The van der Waals surface area contributed by atoms with Crippen LogP contribution < -0.4 is 5.32 Å². The second-order valence-corrected chi connectivity index (χ2v) is 10.8. The van der Waals surface area contributed by atoms with Crippen LogP contribution in [-0.2, 0) is 22.6 Å². The summed E-state index contributed by atoms with van der Waals surface area (Å²) in [4.78, 5) is 32.6. The Labute approximate surface area is 190 Å². The molecule has 1 fully saturated rings. The largest absolute Gasteiger partial charge is 0.317 e. The first kappa shape index (κ1) is 20.1. The fraction of sp³-hybridized carbons (Fsp3) is 0.318. The normalized spacial score (nSPS) is 17.0. The minimum atomic E-state index is -0.201. The maximum Gasteiger partial charge on any atom is 0.228 e. The van der Waals surface area contributed by atoms with Gasteiger partial charge in [0, 0.05) is 47.4 Å². The Morgan fingerprint density at radius 1 is 1.37 bits per heavy atom. The molecular formula is C22H20BrN3O2S2. The highest BCUT2D eigenvalue weighted by molar-refractivity contribution is 9.10. The molecule has 0 atom stereocenters. The predicted octanol–water partition coefficient (Wildman–Crippen LogP) is 5.25. The summed E-state index contributed by atoms with van der Waals surface area (Å²) >= 11 is 6.84. The molecule has 2 aliphatic rings. The van der Waals surface area contributed by atoms with Gasteiger partial charge in [0.2, 0.25) is 5.91 Å². The Hall–Kier alpha value is -1.87. The zero-order valence-corrected chi connectivity index (χ0v) is 19.5. The van der Waals surface area contributed by atoms with E-state index >= 15 is 0 Å². The first-order valence-electron chi connectivity index (χ1n) is 9.88. The van der Waals surface area contributed by atoms with Gasteiger partial charge >= 0.3 is 0 Å². The number of thiazole rings is 1. The Balaban J connectivity index is 1.55. The summed E-state index contributed by atoms with van der Waals surface area (Å²) in [6.45, 7) is 6.53. The van der Waals surface area contributed by atoms with E-state index < -0.39 is 0 Å². The van der Waals surface area contributed by atoms with E-state index in [9.17, 15) is 9.59 Å². The van der Waals surface area contributed by atoms with Crippen LogP contribution in [0.4, 0.5) is 5.00 Å². The van der Waals surface area contributed by atoms with Crippen molar-refractivity contribution in [1.82, 2.24) is 9.88 Å². The molecule has 0 spiro atoms. The van der Waals surface area contributed by atoms with Crippen molar-refractivity contribution in [2.24, 2.45) is 5.92 Å². The van der Waals surface area contributed by atoms with E-state index in [0.717, 1.165) is 56.3 Å². The van der Waals surface area contributed by atoms with Gasteiger partial charge in [-0.05, 0) is 30.2 Å². The summed E-state index contributed by atoms with van der Waals surface area (Å²) in [5.41, 5.74) is 3.31. The maximum absolute atomic E-state index is 12.7. The molecule has 1 amide bonds. The summed E-state index contributed by atoms with van der Waals surface area (Å²) in [5, 5.41) is 4.94. The number of rotatable bonds is 5. The molecule has 1 saturated carbocycles. The maximum atomic E-state index is 12.7. The average molecular weight is 502 g/mol. The van der Waals surface area contributed by atoms with E-state index in [-0.39, 0.29) is 17.6 Å². The van der Waals surface area contributed by atoms with Crippen molar-refractivity contribution in [1.29, 1.82) is 0 Å². The summed E-state index contributed by atoms with van der Waals surface area (Å²) < 4.78 is 2.14. The van der Waals surface area contributed by atoms with Gasteiger partial charge in [-0.25, -0.2) is 4.98 Å². The van der Waals surface area contributed by atoms with Gasteiger partial charge in [0.25, 0.3) is 0 Å². The molecular weight excluding hydrogens is 482 g/mol. The number of nitrogens with one attached hydrogen (secondary N) is 1. The number of carbonyl (C=O) groups excluding carboxylic acids is 2. The molecule has 5 nitrogen and oxygen atoms in total. The number of nitrogens with zero attached hydrogens (tertiary/aromatic N) is 2. The molecule has 5 rings (SSSR count). The number of fused-ring (bicyclic) bond motifs is 2. The molecule has 1 aliphatic carbocycles. The highest BCUT2D eigenvalue weighted by Gasteiger charge is 2.34. The van der Waals surface area contributed by atoms with Crippen LogP contribution in [-0.4, -0.2) is 34.7 Å². The molecule has 3 heterocycles. The van der Waals surface area contributed by atoms with Crippen LogP contribution in [0, 0.1) is 5.92 Å². The van der Waals surface area contributed by atoms with Crippen molar-refractivity contribution in [3.8, 4) is 10.6 Å². The third-order valence-electron chi connectivity index (χ3n) is 5.64. The average Bonchev–Trinajstić information content (AvgIpc) is 3.25. The van der Waals surface area contributed by atoms with Gasteiger partial charge in [-0.3, -0.25) is 14.5 Å². The van der Waals surface area contributed by atoms with Gasteiger partial charge in [-0.15, -0.1) is 29.3 Å². The molecule has 2 aromatic heterocycles. The number of benzene rings is 1. The minimum absolute atomic E-state index is 0.0544. The second kappa shape index (κ2) is 8.00. The van der Waals surface area contributed by atoms with Crippen molar-refractivity contribution < 1.29 is 9.59 Å². The van der Waals surface area contributed by atoms with Crippen LogP contribution in [0.2, 0.25) is 0 Å². The van der Waals surface area contributed by atoms with Gasteiger partial charge in [0.05, 0.1) is 16.1 Å². The van der Waals surface area contributed by atoms with Crippen LogP contribution >= 0.6 is 38.6 Å². The van der Waals surface area contributed by atoms with E-state index in [1.807, 2.05) is 18.2 Å². The Kier molecular flexibility index (Phi) is 5.35. The van der Waals surface area contributed by atoms with E-state index in [4.69, 9.17) is 4.98 Å². The first-order chi connectivity index (χ1) is 14.5. The van der Waals surface area contributed by atoms with Gasteiger partial charge in [-0.1, -0.05) is 22.0 Å². The molecule has 1 aliphatic heterocycles. The number of aromatic nitrogens is 1. The van der Waals surface area contributed by atoms with Crippen LogP contribution in [0.5, 0.6) is 0 Å². The topological polar surface area (TPSA) is 62.3 Å². The van der Waals surface area contributed by atoms with Crippen molar-refractivity contribution in [2.75, 3.05) is 18.4 Å². The number of anilines is 1. The molecule has 3 aromatic rings. The molecule has 30 heavy (non-hydrogen) atoms. The van der Waals surface area contributed by atoms with Crippen LogP contribution in [0.3, 0.4) is 0 Å². The van der Waals surface area contributed by atoms with E-state index in [2.05, 4.69) is 38.8 Å². The monoisotopic (exact) mass is 501 g/mol. The molecule has 1 N–H and O–H groups in total. The van der Waals surface area contributed by atoms with Crippen LogP contribution in [0.15, 0.2) is 35.3 Å². The molecule has 8 heteroatoms. The number of hydrogen-bond donors (Lipinski definition) is 1. The SMILES string of the molecule is C=CCN1CCc2c(sc(NC(=O)C3CC(=O)C3)c2-c2nc3ccc(Br)cc3s2)C1. The summed E-state index contributed by atoms with van der Waals surface area (Å²) in [6.07, 6.45) is 3.57. The van der Waals surface area contributed by atoms with E-state index in [1.54, 1.807) is 22.7 Å². The molecule has 154 valence electrons. The quantitative estimate of drug-likeness (QED) is 0.485. The Morgan fingerprint density at radius 2 is 2.20 bits per heavy atom. The number of amides is 1. The lowest BCUT2D eigenvalue weighted by Crippen LogP contribution is -2.34. The summed E-state index contributed by atoms with van der Waals surface area (Å²) in [6, 6.07) is 6.10. The first-order valence-corrected chi connectivity index (χ1v) is 12.3. The van der Waals surface area contributed by atoms with E-state index in [0.29, 0.717) is 12.8 Å². The lowest BCUT2D eigenvalue weighted by molar-refractivity contribution is -0.135. The third kappa shape index (κ3) is 3.66. The fourth-order valence-corrected chi connectivity index (χ4v) is 6.96. The smallest absolute Gasteiger partial charge is 0.228 e. The Morgan fingerprint density at radius 3 is 2.97 bits per heavy atom. The van der Waals surface area contributed by atoms with Crippen molar-refractivity contribution in [2.45, 2.75) is 25.8 Å². The number of carbonyl (C=O) groups is 2. The highest BCUT2D eigenvalue weighted by Crippen LogP contribution is 2.46. The number of hydrogen-bond acceptors (Lipinski definition) is 6. The minimum Gasteiger partial charge on any atom is -0.317 e. The lowest BCUT2D eigenvalue weighted by Gasteiger charge is -2.25. The van der Waals surface area contributed by atoms with Gasteiger partial charge < -0.3 is 5.32 Å². The number of ketones is 1. The highest BCUT2D eigenvalue weighted by atomic mass is 79.9. The fourth-order valence-electron chi connectivity index (χ4n) is 4.00. The number of Topliss-reactive ketones (excluding diaryl/α,β-unsaturated/α-hetero) is 1. The van der Waals surface area contributed by atoms with Gasteiger partial charge in [0.1, 0.15) is 15.8 Å². The zero-order chi connectivity index (χ0) is 20.8. The molecule has 1 aromatic carbocycles. The summed E-state index contributed by atoms with van der Waals surface area (Å²) in [5.74, 6) is -0.0908. The lowest BCUT2D eigenvalue weighted by atomic mass is 9.83. The third-order valence-corrected chi connectivity index (χ3v) is 8.30. The van der Waals surface area contributed by atoms with Crippen molar-refractivity contribution in [3.63, 3.8) is 0 Å². The van der Waals surface area contributed by atoms with E-state index in [1.165, 1.54) is 10.4 Å². The van der Waals surface area contributed by atoms with Crippen LogP contribution in [0.1, 0.15) is 23.3 Å². The Bertz CT molecular complexity index is 1170. The number of thiophene rings is 1.